The molecule has 0 spiro atoms. The first-order valence-electron chi connectivity index (χ1n) is 6.96. The molecular formula is C15H16ClN3OSe. The number of nitrogen functional groups attached to an aromatic ring is 1. The molecule has 0 saturated carbocycles. The summed E-state index contributed by atoms with van der Waals surface area (Å²) >= 11 is 5.76. The predicted molar refractivity (Wildman–Crippen MR) is 86.5 cm³/mol. The van der Waals surface area contributed by atoms with Gasteiger partial charge in [0.15, 0.2) is 0 Å². The van der Waals surface area contributed by atoms with Gasteiger partial charge in [-0.1, -0.05) is 0 Å². The number of anilines is 2. The molecule has 4 nitrogen and oxygen atoms in total. The first-order chi connectivity index (χ1) is 10.1. The van der Waals surface area contributed by atoms with Crippen LogP contribution in [0.25, 0.3) is 0 Å². The van der Waals surface area contributed by atoms with Crippen LogP contribution in [-0.4, -0.2) is 38.4 Å². The second kappa shape index (κ2) is 6.22. The standard InChI is InChI=1S/C15H16ClN3OSe/c16-11-6-4-10(5-7-11)12(20)13-14(17)18-15(21-13)19-8-2-1-3-9-19/h4-7H,1-3,8-9,17H2. The molecule has 0 amide bonds. The van der Waals surface area contributed by atoms with Gasteiger partial charge in [-0.25, -0.2) is 0 Å². The monoisotopic (exact) mass is 369 g/mol. The third-order valence-electron chi connectivity index (χ3n) is 3.58. The van der Waals surface area contributed by atoms with Crippen molar-refractivity contribution >= 4 is 42.4 Å². The van der Waals surface area contributed by atoms with Crippen LogP contribution in [0, 0.1) is 0 Å². The van der Waals surface area contributed by atoms with E-state index in [2.05, 4.69) is 9.88 Å². The quantitative estimate of drug-likeness (QED) is 0.668. The van der Waals surface area contributed by atoms with Crippen LogP contribution < -0.4 is 10.6 Å². The van der Waals surface area contributed by atoms with E-state index in [1.54, 1.807) is 24.3 Å². The molecule has 1 aliphatic rings. The minimum atomic E-state index is -0.0991. The normalized spacial score (nSPS) is 15.2. The number of rotatable bonds is 3. The number of ketones is 1. The van der Waals surface area contributed by atoms with Gasteiger partial charge in [0, 0.05) is 0 Å². The summed E-state index contributed by atoms with van der Waals surface area (Å²) in [7, 11) is 0. The van der Waals surface area contributed by atoms with E-state index in [0.29, 0.717) is 20.8 Å². The van der Waals surface area contributed by atoms with Crippen LogP contribution in [0.2, 0.25) is 5.02 Å². The summed E-state index contributed by atoms with van der Waals surface area (Å²) < 4.78 is 1.66. The van der Waals surface area contributed by atoms with Gasteiger partial charge in [0.05, 0.1) is 0 Å². The van der Waals surface area contributed by atoms with Crippen molar-refractivity contribution in [3.8, 4) is 0 Å². The zero-order valence-electron chi connectivity index (χ0n) is 11.5. The zero-order chi connectivity index (χ0) is 14.8. The summed E-state index contributed by atoms with van der Waals surface area (Å²) in [6, 6.07) is 6.92. The number of halogens is 1. The number of nitrogens with two attached hydrogens (primary N) is 1. The van der Waals surface area contributed by atoms with E-state index < -0.39 is 0 Å². The topological polar surface area (TPSA) is 59.2 Å². The summed E-state index contributed by atoms with van der Waals surface area (Å²) in [5.74, 6) is 0.357. The molecule has 0 radical (unpaired) electrons. The fourth-order valence-corrected chi connectivity index (χ4v) is 4.66. The summed E-state index contributed by atoms with van der Waals surface area (Å²) in [5.41, 5.74) is 6.60. The number of nitrogens with zero attached hydrogens (tertiary/aromatic N) is 2. The molecule has 21 heavy (non-hydrogen) atoms. The molecule has 2 heterocycles. The third-order valence-corrected chi connectivity index (χ3v) is 6.21. The number of hydrogen-bond donors (Lipinski definition) is 1. The predicted octanol–water partition coefficient (Wildman–Crippen LogP) is 2.60. The van der Waals surface area contributed by atoms with E-state index >= 15 is 0 Å². The number of benzene rings is 1. The molecule has 110 valence electrons. The van der Waals surface area contributed by atoms with E-state index in [1.165, 1.54) is 19.3 Å². The maximum atomic E-state index is 12.5. The van der Waals surface area contributed by atoms with Crippen LogP contribution in [0.15, 0.2) is 24.3 Å². The second-order valence-electron chi connectivity index (χ2n) is 5.09. The van der Waals surface area contributed by atoms with Crippen molar-refractivity contribution in [3.63, 3.8) is 0 Å². The number of aromatic nitrogens is 1. The summed E-state index contributed by atoms with van der Waals surface area (Å²) in [6.45, 7) is 2.05. The summed E-state index contributed by atoms with van der Waals surface area (Å²) in [6.07, 6.45) is 3.65. The van der Waals surface area contributed by atoms with E-state index in [-0.39, 0.29) is 20.3 Å². The summed E-state index contributed by atoms with van der Waals surface area (Å²) in [5, 5.41) is 0.621. The molecule has 0 atom stereocenters. The fraction of sp³-hybridized carbons (Fsp3) is 0.333. The molecule has 0 bridgehead atoms. The van der Waals surface area contributed by atoms with E-state index in [9.17, 15) is 4.79 Å². The molecule has 2 N–H and O–H groups in total. The Morgan fingerprint density at radius 1 is 1.19 bits per heavy atom. The maximum absolute atomic E-state index is 12.5. The van der Waals surface area contributed by atoms with Crippen LogP contribution >= 0.6 is 11.6 Å². The van der Waals surface area contributed by atoms with Crippen LogP contribution in [-0.2, 0) is 0 Å². The average Bonchev–Trinajstić information content (AvgIpc) is 2.90. The van der Waals surface area contributed by atoms with Crippen molar-refractivity contribution in [1.29, 1.82) is 0 Å². The fourth-order valence-electron chi connectivity index (χ4n) is 2.44. The van der Waals surface area contributed by atoms with Crippen molar-refractivity contribution in [2.75, 3.05) is 23.7 Å². The van der Waals surface area contributed by atoms with Gasteiger partial charge in [0.25, 0.3) is 0 Å². The van der Waals surface area contributed by atoms with Gasteiger partial charge in [-0.15, -0.1) is 0 Å². The number of carbonyl (C=O) groups excluding carboxylic acids is 1. The third kappa shape index (κ3) is 3.15. The van der Waals surface area contributed by atoms with Crippen molar-refractivity contribution in [2.45, 2.75) is 19.3 Å². The van der Waals surface area contributed by atoms with Crippen LogP contribution in [0.5, 0.6) is 0 Å². The van der Waals surface area contributed by atoms with E-state index in [0.717, 1.165) is 17.8 Å². The number of hydrogen-bond acceptors (Lipinski definition) is 4. The van der Waals surface area contributed by atoms with Crippen molar-refractivity contribution in [2.24, 2.45) is 0 Å². The van der Waals surface area contributed by atoms with Gasteiger partial charge in [-0.05, 0) is 0 Å². The molecule has 1 saturated heterocycles. The molecule has 1 aliphatic heterocycles. The Kier molecular flexibility index (Phi) is 4.34. The molecular weight excluding hydrogens is 353 g/mol. The Hall–Kier alpha value is -1.29. The van der Waals surface area contributed by atoms with Crippen molar-refractivity contribution < 1.29 is 4.79 Å². The molecule has 0 aliphatic carbocycles. The molecule has 6 heteroatoms. The second-order valence-corrected chi connectivity index (χ2v) is 7.58. The van der Waals surface area contributed by atoms with Gasteiger partial charge in [0.2, 0.25) is 0 Å². The van der Waals surface area contributed by atoms with E-state index in [4.69, 9.17) is 17.3 Å². The van der Waals surface area contributed by atoms with E-state index in [1.807, 2.05) is 0 Å². The van der Waals surface area contributed by atoms with Gasteiger partial charge in [-0.3, -0.25) is 0 Å². The Labute approximate surface area is 134 Å². The Morgan fingerprint density at radius 3 is 2.52 bits per heavy atom. The molecule has 2 aromatic rings. The molecule has 1 fully saturated rings. The van der Waals surface area contributed by atoms with Gasteiger partial charge in [-0.2, -0.15) is 0 Å². The molecule has 0 unspecified atom stereocenters. The van der Waals surface area contributed by atoms with Gasteiger partial charge < -0.3 is 0 Å². The number of piperidine rings is 1. The molecule has 1 aromatic carbocycles. The molecule has 3 rings (SSSR count). The first-order valence-corrected chi connectivity index (χ1v) is 9.06. The van der Waals surface area contributed by atoms with Crippen molar-refractivity contribution in [3.05, 3.63) is 39.3 Å². The minimum absolute atomic E-state index is 0.0278. The number of carbonyl (C=O) groups is 1. The SMILES string of the molecule is Nc1nc(N2CCCCC2)[se]c1C(=O)c1ccc(Cl)cc1. The molecule has 1 aromatic heterocycles. The average molecular weight is 369 g/mol. The Balaban J connectivity index is 1.86. The van der Waals surface area contributed by atoms with Gasteiger partial charge in [0.1, 0.15) is 0 Å². The van der Waals surface area contributed by atoms with Crippen molar-refractivity contribution in [1.82, 2.24) is 4.98 Å². The van der Waals surface area contributed by atoms with Crippen LogP contribution in [0.4, 0.5) is 10.5 Å². The zero-order valence-corrected chi connectivity index (χ0v) is 14.0. The Morgan fingerprint density at radius 2 is 1.86 bits per heavy atom. The Bertz CT molecular complexity index is 647. The van der Waals surface area contributed by atoms with Gasteiger partial charge >= 0.3 is 134 Å². The van der Waals surface area contributed by atoms with Crippen LogP contribution in [0.1, 0.15) is 34.1 Å². The summed E-state index contributed by atoms with van der Waals surface area (Å²) in [4.78, 5) is 19.3. The first kappa shape index (κ1) is 14.6. The van der Waals surface area contributed by atoms with Crippen LogP contribution in [0.3, 0.4) is 0 Å².